The molecule has 1 saturated carbocycles. The number of rotatable bonds is 3. The van der Waals surface area contributed by atoms with Crippen molar-refractivity contribution < 1.29 is 18.8 Å². The topological polar surface area (TPSA) is 63.4 Å². The van der Waals surface area contributed by atoms with E-state index in [4.69, 9.17) is 0 Å². The van der Waals surface area contributed by atoms with E-state index in [-0.39, 0.29) is 5.56 Å². The Morgan fingerprint density at radius 3 is 2.47 bits per heavy atom. The molecule has 0 amide bonds. The molecule has 0 aliphatic heterocycles. The molecular weight excluding hydrogens is 232 g/mol. The van der Waals surface area contributed by atoms with Crippen LogP contribution in [0.1, 0.15) is 24.8 Å². The first-order valence-electron chi connectivity index (χ1n) is 5.25. The zero-order valence-electron chi connectivity index (χ0n) is 8.95. The molecule has 1 aliphatic rings. The quantitative estimate of drug-likeness (QED) is 0.654. The lowest BCUT2D eigenvalue weighted by atomic mass is 9.64. The number of nitro groups is 1. The number of aliphatic hydroxyl groups is 1. The van der Waals surface area contributed by atoms with Gasteiger partial charge in [0.25, 0.3) is 0 Å². The number of halogens is 2. The summed E-state index contributed by atoms with van der Waals surface area (Å²) in [6.07, 6.45) is 1.64. The molecule has 1 aromatic rings. The number of hydrogen-bond donors (Lipinski definition) is 1. The predicted molar refractivity (Wildman–Crippen MR) is 55.6 cm³/mol. The Kier molecular flexibility index (Phi) is 2.82. The fourth-order valence-electron chi connectivity index (χ4n) is 2.26. The molecule has 4 nitrogen and oxygen atoms in total. The van der Waals surface area contributed by atoms with Crippen LogP contribution >= 0.6 is 0 Å². The van der Waals surface area contributed by atoms with Gasteiger partial charge in [-0.1, -0.05) is 6.42 Å². The highest BCUT2D eigenvalue weighted by Crippen LogP contribution is 2.46. The van der Waals surface area contributed by atoms with Gasteiger partial charge in [-0.2, -0.15) is 4.39 Å². The second-order valence-electron chi connectivity index (χ2n) is 4.30. The molecule has 1 aromatic carbocycles. The molecule has 1 fully saturated rings. The molecule has 6 heteroatoms. The van der Waals surface area contributed by atoms with Crippen molar-refractivity contribution in [3.8, 4) is 0 Å². The van der Waals surface area contributed by atoms with Gasteiger partial charge in [0.1, 0.15) is 5.82 Å². The average Bonchev–Trinajstić information content (AvgIpc) is 2.21. The molecule has 0 radical (unpaired) electrons. The molecule has 0 saturated heterocycles. The van der Waals surface area contributed by atoms with E-state index < -0.39 is 34.3 Å². The third-order valence-corrected chi connectivity index (χ3v) is 3.41. The first-order valence-corrected chi connectivity index (χ1v) is 5.25. The number of nitrogens with zero attached hydrogens (tertiary/aromatic N) is 1. The third kappa shape index (κ3) is 1.68. The van der Waals surface area contributed by atoms with Crippen molar-refractivity contribution >= 4 is 5.69 Å². The van der Waals surface area contributed by atoms with Gasteiger partial charge in [-0.15, -0.1) is 0 Å². The molecule has 1 aliphatic carbocycles. The van der Waals surface area contributed by atoms with E-state index in [1.165, 1.54) is 0 Å². The summed E-state index contributed by atoms with van der Waals surface area (Å²) in [6, 6.07) is 1.68. The van der Waals surface area contributed by atoms with Gasteiger partial charge >= 0.3 is 5.69 Å². The van der Waals surface area contributed by atoms with Crippen LogP contribution in [0.25, 0.3) is 0 Å². The van der Waals surface area contributed by atoms with E-state index in [0.717, 1.165) is 18.6 Å². The van der Waals surface area contributed by atoms with Crippen LogP contribution in [0.5, 0.6) is 0 Å². The van der Waals surface area contributed by atoms with Gasteiger partial charge in [-0.25, -0.2) is 4.39 Å². The van der Waals surface area contributed by atoms with E-state index in [9.17, 15) is 24.0 Å². The summed E-state index contributed by atoms with van der Waals surface area (Å²) in [5, 5.41) is 19.9. The maximum absolute atomic E-state index is 13.9. The fraction of sp³-hybridized carbons (Fsp3) is 0.455. The third-order valence-electron chi connectivity index (χ3n) is 3.41. The van der Waals surface area contributed by atoms with Gasteiger partial charge in [0, 0.05) is 17.0 Å². The predicted octanol–water partition coefficient (Wildman–Crippen LogP) is 2.29. The van der Waals surface area contributed by atoms with E-state index in [1.807, 2.05) is 0 Å². The van der Waals surface area contributed by atoms with Gasteiger partial charge in [-0.3, -0.25) is 10.1 Å². The van der Waals surface area contributed by atoms with Crippen molar-refractivity contribution in [3.05, 3.63) is 39.4 Å². The lowest BCUT2D eigenvalue weighted by Gasteiger charge is -2.40. The van der Waals surface area contributed by atoms with Gasteiger partial charge in [0.05, 0.1) is 11.5 Å². The molecule has 2 rings (SSSR count). The smallest absolute Gasteiger partial charge is 0.305 e. The highest BCUT2D eigenvalue weighted by molar-refractivity contribution is 5.42. The SMILES string of the molecule is O=[N+]([O-])c1ccc(F)c(C2(CO)CCC2)c1F. The molecule has 0 unspecified atom stereocenters. The van der Waals surface area contributed by atoms with Crippen molar-refractivity contribution in [2.24, 2.45) is 0 Å². The fourth-order valence-corrected chi connectivity index (χ4v) is 2.26. The summed E-state index contributed by atoms with van der Waals surface area (Å²) in [6.45, 7) is -0.401. The Balaban J connectivity index is 2.60. The number of benzene rings is 1. The second-order valence-corrected chi connectivity index (χ2v) is 4.30. The monoisotopic (exact) mass is 243 g/mol. The van der Waals surface area contributed by atoms with Crippen LogP contribution in [-0.4, -0.2) is 16.6 Å². The molecule has 0 atom stereocenters. The lowest BCUT2D eigenvalue weighted by molar-refractivity contribution is -0.387. The summed E-state index contributed by atoms with van der Waals surface area (Å²) < 4.78 is 27.5. The zero-order chi connectivity index (χ0) is 12.6. The number of aliphatic hydroxyl groups excluding tert-OH is 1. The molecule has 1 N–H and O–H groups in total. The molecule has 0 heterocycles. The molecule has 92 valence electrons. The average molecular weight is 243 g/mol. The van der Waals surface area contributed by atoms with Crippen molar-refractivity contribution in [2.75, 3.05) is 6.61 Å². The van der Waals surface area contributed by atoms with Crippen molar-refractivity contribution in [1.29, 1.82) is 0 Å². The largest absolute Gasteiger partial charge is 0.395 e. The van der Waals surface area contributed by atoms with Crippen LogP contribution in [0.4, 0.5) is 14.5 Å². The Hall–Kier alpha value is -1.56. The van der Waals surface area contributed by atoms with Crippen LogP contribution in [0.3, 0.4) is 0 Å². The molecule has 17 heavy (non-hydrogen) atoms. The highest BCUT2D eigenvalue weighted by Gasteiger charge is 2.44. The summed E-state index contributed by atoms with van der Waals surface area (Å²) >= 11 is 0. The minimum absolute atomic E-state index is 0.347. The Labute approximate surface area is 96.0 Å². The molecular formula is C11H11F2NO3. The first-order chi connectivity index (χ1) is 8.02. The zero-order valence-corrected chi connectivity index (χ0v) is 8.95. The van der Waals surface area contributed by atoms with Gasteiger partial charge in [0.2, 0.25) is 5.82 Å². The molecule has 0 aromatic heterocycles. The van der Waals surface area contributed by atoms with E-state index >= 15 is 0 Å². The Morgan fingerprint density at radius 1 is 1.41 bits per heavy atom. The summed E-state index contributed by atoms with van der Waals surface area (Å²) in [5.74, 6) is -1.99. The van der Waals surface area contributed by atoms with E-state index in [1.54, 1.807) is 0 Å². The van der Waals surface area contributed by atoms with Gasteiger partial charge in [-0.05, 0) is 18.9 Å². The first kappa shape index (κ1) is 11.9. The standard InChI is InChI=1S/C11H11F2NO3/c12-7-2-3-8(14(16)17)10(13)9(7)11(6-15)4-1-5-11/h2-3,15H,1,4-6H2. The Bertz CT molecular complexity index is 467. The van der Waals surface area contributed by atoms with Crippen LogP contribution in [0.15, 0.2) is 12.1 Å². The molecule has 0 spiro atoms. The second kappa shape index (κ2) is 4.03. The minimum Gasteiger partial charge on any atom is -0.395 e. The number of nitro benzene ring substituents is 1. The molecule has 0 bridgehead atoms. The highest BCUT2D eigenvalue weighted by atomic mass is 19.1. The number of hydrogen-bond acceptors (Lipinski definition) is 3. The maximum Gasteiger partial charge on any atom is 0.305 e. The lowest BCUT2D eigenvalue weighted by Crippen LogP contribution is -2.39. The Morgan fingerprint density at radius 2 is 2.06 bits per heavy atom. The van der Waals surface area contributed by atoms with E-state index in [0.29, 0.717) is 12.8 Å². The summed E-state index contributed by atoms with van der Waals surface area (Å²) in [7, 11) is 0. The van der Waals surface area contributed by atoms with Crippen LogP contribution in [-0.2, 0) is 5.41 Å². The van der Waals surface area contributed by atoms with Crippen LogP contribution < -0.4 is 0 Å². The van der Waals surface area contributed by atoms with Crippen LogP contribution in [0, 0.1) is 21.7 Å². The van der Waals surface area contributed by atoms with Crippen LogP contribution in [0.2, 0.25) is 0 Å². The van der Waals surface area contributed by atoms with Crippen molar-refractivity contribution in [2.45, 2.75) is 24.7 Å². The maximum atomic E-state index is 13.9. The normalized spacial score (nSPS) is 17.6. The van der Waals surface area contributed by atoms with Crippen molar-refractivity contribution in [3.63, 3.8) is 0 Å². The summed E-state index contributed by atoms with van der Waals surface area (Å²) in [5.41, 5.74) is -2.08. The van der Waals surface area contributed by atoms with Crippen molar-refractivity contribution in [1.82, 2.24) is 0 Å². The van der Waals surface area contributed by atoms with E-state index in [2.05, 4.69) is 0 Å². The minimum atomic E-state index is -1.16. The van der Waals surface area contributed by atoms with Gasteiger partial charge < -0.3 is 5.11 Å². The summed E-state index contributed by atoms with van der Waals surface area (Å²) in [4.78, 5) is 9.70. The van der Waals surface area contributed by atoms with Gasteiger partial charge in [0.15, 0.2) is 0 Å².